The van der Waals surface area contributed by atoms with Crippen molar-refractivity contribution in [3.8, 4) is 0 Å². The molecule has 0 bridgehead atoms. The first-order valence-electron chi connectivity index (χ1n) is 0. The Kier molecular flexibility index (Phi) is 167. The van der Waals surface area contributed by atoms with Gasteiger partial charge in [-0.3, -0.25) is 0 Å². The van der Waals surface area contributed by atoms with Gasteiger partial charge < -0.3 is 11.0 Å². The van der Waals surface area contributed by atoms with Crippen molar-refractivity contribution in [2.24, 2.45) is 0 Å². The molecule has 0 aromatic carbocycles. The van der Waals surface area contributed by atoms with Gasteiger partial charge in [0.25, 0.3) is 0 Å². The van der Waals surface area contributed by atoms with Gasteiger partial charge in [-0.25, -0.2) is 0 Å². The summed E-state index contributed by atoms with van der Waals surface area (Å²) in [6.45, 7) is 0. The maximum atomic E-state index is 0. The second-order valence-electron chi connectivity index (χ2n) is 0. The summed E-state index contributed by atoms with van der Waals surface area (Å²) in [5, 5.41) is 0. The molecule has 0 unspecified atom stereocenters. The molecule has 0 amide bonds. The van der Waals surface area contributed by atoms with Crippen LogP contribution in [0.15, 0.2) is 0 Å². The molecular weight excluding hydrogens is 144 g/mol. The van der Waals surface area contributed by atoms with Crippen LogP contribution in [0.5, 0.6) is 0 Å². The van der Waals surface area contributed by atoms with Gasteiger partial charge in [0, 0.05) is 0 Å². The van der Waals surface area contributed by atoms with Crippen LogP contribution in [0.3, 0.4) is 0 Å². The van der Waals surface area contributed by atoms with Crippen molar-refractivity contribution < 1.29 is 11.0 Å². The van der Waals surface area contributed by atoms with Gasteiger partial charge in [0.05, 0.1) is 0 Å². The van der Waals surface area contributed by atoms with E-state index in [0.717, 1.165) is 0 Å². The minimum atomic E-state index is 0. The Hall–Kier alpha value is 2.17. The fraction of sp³-hybridized carbons (Fsp3) is 0. The standard InChI is InChI=1S/Mg.2H2O.Sr.4H/h;2*1H2;;;;;. The van der Waals surface area contributed by atoms with E-state index in [2.05, 4.69) is 0 Å². The summed E-state index contributed by atoms with van der Waals surface area (Å²) in [6, 6.07) is 0. The van der Waals surface area contributed by atoms with Gasteiger partial charge in [-0.15, -0.1) is 0 Å². The second kappa shape index (κ2) is 19.1. The fourth-order valence-corrected chi connectivity index (χ4v) is 0. The van der Waals surface area contributed by atoms with Crippen LogP contribution in [-0.2, 0) is 0 Å². The van der Waals surface area contributed by atoms with E-state index >= 15 is 0 Å². The number of rotatable bonds is 0. The monoisotopic (exact) mass is 152 g/mol. The summed E-state index contributed by atoms with van der Waals surface area (Å²) in [4.78, 5) is 0. The van der Waals surface area contributed by atoms with E-state index in [9.17, 15) is 0 Å². The van der Waals surface area contributed by atoms with Crippen LogP contribution in [0.25, 0.3) is 0 Å². The first-order valence-corrected chi connectivity index (χ1v) is 0. The van der Waals surface area contributed by atoms with Crippen molar-refractivity contribution in [3.05, 3.63) is 0 Å². The molecule has 4 N–H and O–H groups in total. The second-order valence-corrected chi connectivity index (χ2v) is 0. The topological polar surface area (TPSA) is 63.0 Å². The SMILES string of the molecule is O.O.[MgH2].[SrH2]. The Morgan fingerprint density at radius 1 is 0.750 bits per heavy atom. The van der Waals surface area contributed by atoms with Gasteiger partial charge in [-0.1, -0.05) is 0 Å². The van der Waals surface area contributed by atoms with Crippen molar-refractivity contribution >= 4 is 68.5 Å². The zero-order valence-corrected chi connectivity index (χ0v) is 1.00. The predicted octanol–water partition coefficient (Wildman–Crippen LogP) is -3.48. The van der Waals surface area contributed by atoms with E-state index in [-0.39, 0.29) is 79.5 Å². The van der Waals surface area contributed by atoms with E-state index in [1.807, 2.05) is 0 Å². The third kappa shape index (κ3) is 8.90. The van der Waals surface area contributed by atoms with Crippen molar-refractivity contribution in [2.75, 3.05) is 0 Å². The predicted molar refractivity (Wildman–Crippen MR) is 24.3 cm³/mol. The molecule has 0 aromatic rings. The molecular formula is H8MgO2Sr. The van der Waals surface area contributed by atoms with E-state index in [1.165, 1.54) is 0 Å². The van der Waals surface area contributed by atoms with Gasteiger partial charge in [0.2, 0.25) is 0 Å². The van der Waals surface area contributed by atoms with E-state index in [0.29, 0.717) is 0 Å². The molecule has 2 nitrogen and oxygen atoms in total. The molecule has 4 heteroatoms. The van der Waals surface area contributed by atoms with Crippen LogP contribution in [0.2, 0.25) is 0 Å². The van der Waals surface area contributed by atoms with Crippen LogP contribution < -0.4 is 0 Å². The van der Waals surface area contributed by atoms with Gasteiger partial charge in [0.15, 0.2) is 0 Å². The summed E-state index contributed by atoms with van der Waals surface area (Å²) < 4.78 is 0. The normalized spacial score (nSPS) is 0. The number of hydrogen-bond donors (Lipinski definition) is 0. The molecule has 0 spiro atoms. The molecule has 0 aromatic heterocycles. The molecule has 0 aliphatic rings. The molecule has 0 saturated heterocycles. The fourth-order valence-electron chi connectivity index (χ4n) is 0. The third-order valence-electron chi connectivity index (χ3n) is 0. The van der Waals surface area contributed by atoms with E-state index < -0.39 is 0 Å². The Bertz CT molecular complexity index is 6.00. The van der Waals surface area contributed by atoms with E-state index in [1.54, 1.807) is 0 Å². The summed E-state index contributed by atoms with van der Waals surface area (Å²) in [5.74, 6) is 0. The molecule has 0 aliphatic heterocycles. The van der Waals surface area contributed by atoms with Gasteiger partial charge >= 0.3 is 68.5 Å². The van der Waals surface area contributed by atoms with Crippen LogP contribution in [0.1, 0.15) is 0 Å². The first-order chi connectivity index (χ1) is 0. The summed E-state index contributed by atoms with van der Waals surface area (Å²) in [6.07, 6.45) is 0. The first kappa shape index (κ1) is 35.1. The van der Waals surface area contributed by atoms with E-state index in [4.69, 9.17) is 0 Å². The molecule has 4 heavy (non-hydrogen) atoms. The summed E-state index contributed by atoms with van der Waals surface area (Å²) in [7, 11) is 0. The summed E-state index contributed by atoms with van der Waals surface area (Å²) in [5.41, 5.74) is 0. The van der Waals surface area contributed by atoms with Crippen molar-refractivity contribution in [3.63, 3.8) is 0 Å². The maximum absolute atomic E-state index is 0. The molecule has 0 heterocycles. The van der Waals surface area contributed by atoms with Crippen molar-refractivity contribution in [1.82, 2.24) is 0 Å². The molecule has 0 atom stereocenters. The zero-order valence-electron chi connectivity index (χ0n) is 1.00. The average molecular weight is 152 g/mol. The zero-order chi connectivity index (χ0) is 0. The van der Waals surface area contributed by atoms with Crippen LogP contribution in [0, 0.1) is 0 Å². The Morgan fingerprint density at radius 2 is 0.750 bits per heavy atom. The Labute approximate surface area is 78.0 Å². The molecule has 0 aliphatic carbocycles. The molecule has 24 valence electrons. The van der Waals surface area contributed by atoms with Gasteiger partial charge in [-0.2, -0.15) is 0 Å². The quantitative estimate of drug-likeness (QED) is 0.323. The van der Waals surface area contributed by atoms with Crippen LogP contribution in [0.4, 0.5) is 0 Å². The molecule has 0 fully saturated rings. The number of hydrogen-bond acceptors (Lipinski definition) is 0. The van der Waals surface area contributed by atoms with Crippen molar-refractivity contribution in [2.45, 2.75) is 0 Å². The summed E-state index contributed by atoms with van der Waals surface area (Å²) >= 11 is 0. The minimum absolute atomic E-state index is 0. The van der Waals surface area contributed by atoms with Crippen LogP contribution in [-0.4, -0.2) is 79.5 Å². The average Bonchev–Trinajstić information content (AvgIpc) is 0. The molecule has 0 rings (SSSR count). The van der Waals surface area contributed by atoms with Crippen molar-refractivity contribution in [1.29, 1.82) is 0 Å². The van der Waals surface area contributed by atoms with Gasteiger partial charge in [-0.05, 0) is 0 Å². The Balaban J connectivity index is 0. The third-order valence-corrected chi connectivity index (χ3v) is 0. The molecule has 0 saturated carbocycles. The Morgan fingerprint density at radius 3 is 0.750 bits per heavy atom. The van der Waals surface area contributed by atoms with Crippen LogP contribution >= 0.6 is 0 Å². The molecule has 0 radical (unpaired) electrons. The van der Waals surface area contributed by atoms with Gasteiger partial charge in [0.1, 0.15) is 0 Å².